The van der Waals surface area contributed by atoms with Crippen molar-refractivity contribution in [1.82, 2.24) is 4.57 Å². The van der Waals surface area contributed by atoms with Gasteiger partial charge in [0.05, 0.1) is 6.10 Å². The molecule has 7 heteroatoms. The number of para-hydroxylation sites is 1. The van der Waals surface area contributed by atoms with Crippen molar-refractivity contribution in [2.45, 2.75) is 45.9 Å². The zero-order valence-corrected chi connectivity index (χ0v) is 18.3. The average molecular weight is 437 g/mol. The first-order valence-corrected chi connectivity index (χ1v) is 10.8. The van der Waals surface area contributed by atoms with E-state index in [0.717, 1.165) is 37.4 Å². The Balaban J connectivity index is 1.31. The molecule has 3 heterocycles. The molecule has 3 aromatic rings. The first-order chi connectivity index (χ1) is 15.5. The van der Waals surface area contributed by atoms with Gasteiger partial charge < -0.3 is 23.2 Å². The number of nitrogens with zero attached hydrogens (tertiary/aromatic N) is 1. The third-order valence-electron chi connectivity index (χ3n) is 5.61. The molecule has 1 aromatic carbocycles. The van der Waals surface area contributed by atoms with Gasteiger partial charge in [-0.15, -0.1) is 0 Å². The number of Topliss-reactive ketones (excluding diaryl/α,β-unsaturated/α-hetero) is 1. The molecule has 32 heavy (non-hydrogen) atoms. The summed E-state index contributed by atoms with van der Waals surface area (Å²) in [5, 5.41) is 0. The summed E-state index contributed by atoms with van der Waals surface area (Å²) in [5.41, 5.74) is 2.41. The Labute approximate surface area is 186 Å². The highest BCUT2D eigenvalue weighted by molar-refractivity contribution is 6.00. The molecule has 1 unspecified atom stereocenters. The van der Waals surface area contributed by atoms with E-state index in [-0.39, 0.29) is 30.9 Å². The number of benzene rings is 1. The summed E-state index contributed by atoms with van der Waals surface area (Å²) in [6, 6.07) is 14.3. The second-order valence-electron chi connectivity index (χ2n) is 7.90. The van der Waals surface area contributed by atoms with E-state index in [1.165, 1.54) is 6.07 Å². The first kappa shape index (κ1) is 21.9. The van der Waals surface area contributed by atoms with Crippen LogP contribution in [-0.4, -0.2) is 35.6 Å². The zero-order valence-electron chi connectivity index (χ0n) is 18.3. The molecule has 4 rings (SSSR count). The van der Waals surface area contributed by atoms with Crippen molar-refractivity contribution in [2.24, 2.45) is 0 Å². The van der Waals surface area contributed by atoms with Crippen LogP contribution in [0, 0.1) is 13.8 Å². The van der Waals surface area contributed by atoms with Crippen LogP contribution in [0.2, 0.25) is 0 Å². The number of furan rings is 1. The van der Waals surface area contributed by atoms with Crippen LogP contribution in [0.15, 0.2) is 52.9 Å². The normalized spacial score (nSPS) is 15.6. The number of carbonyl (C=O) groups is 2. The van der Waals surface area contributed by atoms with Crippen LogP contribution in [-0.2, 0) is 22.6 Å². The molecule has 1 fully saturated rings. The number of ketones is 1. The summed E-state index contributed by atoms with van der Waals surface area (Å²) in [7, 11) is 0. The fourth-order valence-corrected chi connectivity index (χ4v) is 3.87. The fourth-order valence-electron chi connectivity index (χ4n) is 3.87. The van der Waals surface area contributed by atoms with Gasteiger partial charge in [0.1, 0.15) is 18.1 Å². The van der Waals surface area contributed by atoms with Gasteiger partial charge in [-0.3, -0.25) is 4.79 Å². The van der Waals surface area contributed by atoms with Gasteiger partial charge in [-0.2, -0.15) is 0 Å². The minimum absolute atomic E-state index is 0.0355. The number of hydrogen-bond acceptors (Lipinski definition) is 6. The van der Waals surface area contributed by atoms with Gasteiger partial charge in [0.2, 0.25) is 11.5 Å². The van der Waals surface area contributed by atoms with Crippen molar-refractivity contribution < 1.29 is 28.2 Å². The number of rotatable bonds is 9. The molecule has 7 nitrogen and oxygen atoms in total. The molecule has 1 saturated heterocycles. The summed E-state index contributed by atoms with van der Waals surface area (Å²) in [6.07, 6.45) is 2.28. The first-order valence-electron chi connectivity index (χ1n) is 10.8. The minimum Gasteiger partial charge on any atom is -0.486 e. The maximum atomic E-state index is 12.7. The number of carbonyl (C=O) groups excluding carboxylic acids is 2. The topological polar surface area (TPSA) is 79.9 Å². The molecule has 0 amide bonds. The molecule has 0 spiro atoms. The Hall–Kier alpha value is -3.32. The van der Waals surface area contributed by atoms with Crippen LogP contribution >= 0.6 is 0 Å². The Morgan fingerprint density at radius 3 is 2.69 bits per heavy atom. The van der Waals surface area contributed by atoms with Crippen LogP contribution in [0.4, 0.5) is 0 Å². The average Bonchev–Trinajstić information content (AvgIpc) is 3.55. The van der Waals surface area contributed by atoms with Crippen molar-refractivity contribution in [3.63, 3.8) is 0 Å². The smallest absolute Gasteiger partial charge is 0.374 e. The van der Waals surface area contributed by atoms with E-state index in [0.29, 0.717) is 17.1 Å². The lowest BCUT2D eigenvalue weighted by atomic mass is 10.1. The molecule has 2 aromatic heterocycles. The van der Waals surface area contributed by atoms with Crippen molar-refractivity contribution in [1.29, 1.82) is 0 Å². The van der Waals surface area contributed by atoms with E-state index in [4.69, 9.17) is 18.6 Å². The fraction of sp³-hybridized carbons (Fsp3) is 0.360. The lowest BCUT2D eigenvalue weighted by Gasteiger charge is -2.14. The minimum atomic E-state index is -0.683. The van der Waals surface area contributed by atoms with Gasteiger partial charge in [-0.05, 0) is 57.0 Å². The molecule has 1 aliphatic heterocycles. The lowest BCUT2D eigenvalue weighted by Crippen LogP contribution is -2.18. The number of hydrogen-bond donors (Lipinski definition) is 0. The zero-order chi connectivity index (χ0) is 22.5. The van der Waals surface area contributed by atoms with Gasteiger partial charge in [-0.1, -0.05) is 18.2 Å². The van der Waals surface area contributed by atoms with Gasteiger partial charge in [-0.25, -0.2) is 4.79 Å². The predicted molar refractivity (Wildman–Crippen MR) is 117 cm³/mol. The highest BCUT2D eigenvalue weighted by atomic mass is 16.5. The van der Waals surface area contributed by atoms with E-state index in [1.807, 2.05) is 50.2 Å². The molecule has 0 saturated carbocycles. The molecular weight excluding hydrogens is 410 g/mol. The standard InChI is InChI=1S/C25H27NO6/c1-17-13-22(18(2)26(17)14-20-9-6-12-29-20)23(27)16-31-25(28)24-11-10-21(32-24)15-30-19-7-4-3-5-8-19/h3-5,7-8,10-11,13,20H,6,9,12,14-16H2,1-2H3. The summed E-state index contributed by atoms with van der Waals surface area (Å²) < 4.78 is 24.1. The third-order valence-corrected chi connectivity index (χ3v) is 5.61. The Morgan fingerprint density at radius 2 is 1.94 bits per heavy atom. The lowest BCUT2D eigenvalue weighted by molar-refractivity contribution is 0.0440. The molecule has 168 valence electrons. The monoisotopic (exact) mass is 437 g/mol. The molecule has 1 atom stereocenters. The van der Waals surface area contributed by atoms with Crippen molar-refractivity contribution >= 4 is 11.8 Å². The van der Waals surface area contributed by atoms with Gasteiger partial charge in [0.25, 0.3) is 0 Å². The highest BCUT2D eigenvalue weighted by Crippen LogP contribution is 2.21. The Kier molecular flexibility index (Phi) is 6.75. The number of aromatic nitrogens is 1. The van der Waals surface area contributed by atoms with Crippen molar-refractivity contribution in [3.05, 3.63) is 77.0 Å². The molecule has 0 N–H and O–H groups in total. The molecule has 1 aliphatic rings. The second-order valence-corrected chi connectivity index (χ2v) is 7.90. The van der Waals surface area contributed by atoms with Crippen LogP contribution < -0.4 is 4.74 Å². The third kappa shape index (κ3) is 5.11. The van der Waals surface area contributed by atoms with Crippen LogP contribution in [0.3, 0.4) is 0 Å². The number of ether oxygens (including phenoxy) is 3. The number of aryl methyl sites for hydroxylation is 1. The van der Waals surface area contributed by atoms with E-state index < -0.39 is 5.97 Å². The van der Waals surface area contributed by atoms with Gasteiger partial charge in [0, 0.05) is 30.1 Å². The van der Waals surface area contributed by atoms with E-state index in [2.05, 4.69) is 4.57 Å². The van der Waals surface area contributed by atoms with Crippen LogP contribution in [0.25, 0.3) is 0 Å². The molecular formula is C25H27NO6. The van der Waals surface area contributed by atoms with Crippen molar-refractivity contribution in [3.8, 4) is 5.75 Å². The summed E-state index contributed by atoms with van der Waals surface area (Å²) >= 11 is 0. The van der Waals surface area contributed by atoms with Crippen molar-refractivity contribution in [2.75, 3.05) is 13.2 Å². The van der Waals surface area contributed by atoms with Crippen LogP contribution in [0.5, 0.6) is 5.75 Å². The van der Waals surface area contributed by atoms with E-state index >= 15 is 0 Å². The van der Waals surface area contributed by atoms with Gasteiger partial charge >= 0.3 is 5.97 Å². The van der Waals surface area contributed by atoms with E-state index in [1.54, 1.807) is 6.07 Å². The Bertz CT molecular complexity index is 1080. The van der Waals surface area contributed by atoms with E-state index in [9.17, 15) is 9.59 Å². The summed E-state index contributed by atoms with van der Waals surface area (Å²) in [4.78, 5) is 25.0. The van der Waals surface area contributed by atoms with Gasteiger partial charge in [0.15, 0.2) is 6.61 Å². The highest BCUT2D eigenvalue weighted by Gasteiger charge is 2.22. The van der Waals surface area contributed by atoms with Crippen LogP contribution in [0.1, 0.15) is 50.9 Å². The molecule has 0 radical (unpaired) electrons. The predicted octanol–water partition coefficient (Wildman–Crippen LogP) is 4.50. The maximum absolute atomic E-state index is 12.7. The Morgan fingerprint density at radius 1 is 1.12 bits per heavy atom. The molecule has 0 bridgehead atoms. The summed E-state index contributed by atoms with van der Waals surface area (Å²) in [5.74, 6) is 0.301. The summed E-state index contributed by atoms with van der Waals surface area (Å²) in [6.45, 7) is 5.23. The maximum Gasteiger partial charge on any atom is 0.374 e. The number of esters is 1. The SMILES string of the molecule is Cc1cc(C(=O)COC(=O)c2ccc(COc3ccccc3)o2)c(C)n1CC1CCCO1. The quantitative estimate of drug-likeness (QED) is 0.362. The molecule has 0 aliphatic carbocycles. The largest absolute Gasteiger partial charge is 0.486 e. The second kappa shape index (κ2) is 9.87.